The van der Waals surface area contributed by atoms with Crippen LogP contribution < -0.4 is 10.6 Å². The van der Waals surface area contributed by atoms with Crippen molar-refractivity contribution in [2.75, 3.05) is 13.1 Å². The summed E-state index contributed by atoms with van der Waals surface area (Å²) in [5.41, 5.74) is 1.15. The number of rotatable bonds is 5. The Morgan fingerprint density at radius 2 is 2.19 bits per heavy atom. The molecule has 1 heterocycles. The van der Waals surface area contributed by atoms with Crippen LogP contribution in [0, 0.1) is 6.92 Å². The van der Waals surface area contributed by atoms with E-state index in [0.717, 1.165) is 6.42 Å². The summed E-state index contributed by atoms with van der Waals surface area (Å²) < 4.78 is 0. The molecule has 0 saturated heterocycles. The van der Waals surface area contributed by atoms with E-state index in [1.54, 1.807) is 6.92 Å². The predicted molar refractivity (Wildman–Crippen MR) is 59.0 cm³/mol. The Hall–Kier alpha value is -1.85. The lowest BCUT2D eigenvalue weighted by Crippen LogP contribution is -2.37. The fourth-order valence-corrected chi connectivity index (χ4v) is 1.16. The van der Waals surface area contributed by atoms with Gasteiger partial charge in [-0.05, 0) is 13.3 Å². The minimum atomic E-state index is -0.294. The first-order chi connectivity index (χ1) is 7.65. The average Bonchev–Trinajstić information content (AvgIpc) is 2.69. The number of hydrogen-bond donors (Lipinski definition) is 3. The smallest absolute Gasteiger partial charge is 0.255 e. The molecule has 0 spiro atoms. The van der Waals surface area contributed by atoms with Crippen molar-refractivity contribution >= 4 is 11.8 Å². The summed E-state index contributed by atoms with van der Waals surface area (Å²) in [5.74, 6) is -0.478. The normalized spacial score (nSPS) is 9.88. The number of carbonyl (C=O) groups excluding carboxylic acids is 2. The van der Waals surface area contributed by atoms with Gasteiger partial charge in [0.15, 0.2) is 0 Å². The summed E-state index contributed by atoms with van der Waals surface area (Å²) in [7, 11) is 0. The van der Waals surface area contributed by atoms with Gasteiger partial charge in [0.2, 0.25) is 5.91 Å². The second-order valence-corrected chi connectivity index (χ2v) is 3.44. The average molecular weight is 224 g/mol. The molecule has 0 saturated carbocycles. The number of nitrogens with zero attached hydrogens (tertiary/aromatic N) is 1. The van der Waals surface area contributed by atoms with Crippen LogP contribution in [0.5, 0.6) is 0 Å². The van der Waals surface area contributed by atoms with Crippen LogP contribution in [0.1, 0.15) is 29.4 Å². The molecule has 0 aliphatic rings. The molecule has 0 aliphatic carbocycles. The Morgan fingerprint density at radius 3 is 2.75 bits per heavy atom. The summed E-state index contributed by atoms with van der Waals surface area (Å²) in [6.45, 7) is 4.33. The van der Waals surface area contributed by atoms with Crippen molar-refractivity contribution in [3.63, 3.8) is 0 Å². The Labute approximate surface area is 93.8 Å². The van der Waals surface area contributed by atoms with E-state index in [-0.39, 0.29) is 18.4 Å². The van der Waals surface area contributed by atoms with Gasteiger partial charge in [0.05, 0.1) is 18.3 Å². The highest BCUT2D eigenvalue weighted by Gasteiger charge is 2.11. The minimum Gasteiger partial charge on any atom is -0.355 e. The van der Waals surface area contributed by atoms with E-state index < -0.39 is 0 Å². The van der Waals surface area contributed by atoms with Crippen molar-refractivity contribution < 1.29 is 9.59 Å². The van der Waals surface area contributed by atoms with Crippen molar-refractivity contribution in [1.29, 1.82) is 0 Å². The monoisotopic (exact) mass is 224 g/mol. The zero-order chi connectivity index (χ0) is 12.0. The van der Waals surface area contributed by atoms with Crippen LogP contribution in [-0.4, -0.2) is 35.1 Å². The lowest BCUT2D eigenvalue weighted by molar-refractivity contribution is -0.120. The third kappa shape index (κ3) is 3.38. The molecule has 0 aromatic carbocycles. The van der Waals surface area contributed by atoms with E-state index in [1.165, 1.54) is 6.20 Å². The molecule has 0 radical (unpaired) electrons. The number of amides is 2. The number of aromatic nitrogens is 2. The van der Waals surface area contributed by atoms with Crippen molar-refractivity contribution in [2.24, 2.45) is 0 Å². The largest absolute Gasteiger partial charge is 0.355 e. The number of hydrogen-bond acceptors (Lipinski definition) is 3. The van der Waals surface area contributed by atoms with Crippen LogP contribution >= 0.6 is 0 Å². The van der Waals surface area contributed by atoms with Crippen LogP contribution in [-0.2, 0) is 4.79 Å². The predicted octanol–water partition coefficient (Wildman–Crippen LogP) is -0.0259. The molecule has 6 nitrogen and oxygen atoms in total. The van der Waals surface area contributed by atoms with Gasteiger partial charge in [0.25, 0.3) is 5.91 Å². The van der Waals surface area contributed by atoms with Crippen LogP contribution in [0.3, 0.4) is 0 Å². The zero-order valence-electron chi connectivity index (χ0n) is 9.46. The van der Waals surface area contributed by atoms with Gasteiger partial charge in [-0.2, -0.15) is 5.10 Å². The SMILES string of the molecule is CCCNC(=O)CNC(=O)c1cn[nH]c1C. The van der Waals surface area contributed by atoms with Crippen molar-refractivity contribution in [3.05, 3.63) is 17.5 Å². The fourth-order valence-electron chi connectivity index (χ4n) is 1.16. The summed E-state index contributed by atoms with van der Waals surface area (Å²) in [6.07, 6.45) is 2.31. The third-order valence-electron chi connectivity index (χ3n) is 2.06. The third-order valence-corrected chi connectivity index (χ3v) is 2.06. The van der Waals surface area contributed by atoms with E-state index in [0.29, 0.717) is 17.8 Å². The first-order valence-electron chi connectivity index (χ1n) is 5.20. The van der Waals surface area contributed by atoms with Gasteiger partial charge in [-0.25, -0.2) is 0 Å². The van der Waals surface area contributed by atoms with E-state index in [4.69, 9.17) is 0 Å². The van der Waals surface area contributed by atoms with Crippen LogP contribution in [0.25, 0.3) is 0 Å². The topological polar surface area (TPSA) is 86.9 Å². The molecule has 0 fully saturated rings. The molecule has 88 valence electrons. The van der Waals surface area contributed by atoms with Gasteiger partial charge >= 0.3 is 0 Å². The van der Waals surface area contributed by atoms with Gasteiger partial charge in [0, 0.05) is 12.2 Å². The van der Waals surface area contributed by atoms with Crippen LogP contribution in [0.4, 0.5) is 0 Å². The van der Waals surface area contributed by atoms with Gasteiger partial charge in [0.1, 0.15) is 0 Å². The molecule has 3 N–H and O–H groups in total. The molecule has 16 heavy (non-hydrogen) atoms. The van der Waals surface area contributed by atoms with Crippen LogP contribution in [0.15, 0.2) is 6.20 Å². The van der Waals surface area contributed by atoms with E-state index in [2.05, 4.69) is 20.8 Å². The van der Waals surface area contributed by atoms with Gasteiger partial charge < -0.3 is 10.6 Å². The standard InChI is InChI=1S/C10H16N4O2/c1-3-4-11-9(15)6-12-10(16)8-5-13-14-7(8)2/h5H,3-4,6H2,1-2H3,(H,11,15)(H,12,16)(H,13,14). The summed E-state index contributed by atoms with van der Waals surface area (Å²) in [6, 6.07) is 0. The maximum atomic E-state index is 11.6. The lowest BCUT2D eigenvalue weighted by Gasteiger charge is -2.05. The van der Waals surface area contributed by atoms with Gasteiger partial charge in [-0.15, -0.1) is 0 Å². The maximum absolute atomic E-state index is 11.6. The first kappa shape index (κ1) is 12.2. The number of H-pyrrole nitrogens is 1. The maximum Gasteiger partial charge on any atom is 0.255 e. The molecular weight excluding hydrogens is 208 g/mol. The number of nitrogens with one attached hydrogen (secondary N) is 3. The summed E-state index contributed by atoms with van der Waals surface area (Å²) in [4.78, 5) is 22.8. The van der Waals surface area contributed by atoms with E-state index >= 15 is 0 Å². The minimum absolute atomic E-state index is 0.0105. The highest BCUT2D eigenvalue weighted by atomic mass is 16.2. The van der Waals surface area contributed by atoms with E-state index in [1.807, 2.05) is 6.92 Å². The Balaban J connectivity index is 2.36. The molecule has 0 bridgehead atoms. The molecule has 2 amide bonds. The molecule has 1 aromatic rings. The highest BCUT2D eigenvalue weighted by molar-refractivity contribution is 5.97. The van der Waals surface area contributed by atoms with Crippen LogP contribution in [0.2, 0.25) is 0 Å². The number of aryl methyl sites for hydroxylation is 1. The Bertz CT molecular complexity index is 373. The number of carbonyl (C=O) groups is 2. The quantitative estimate of drug-likeness (QED) is 0.656. The van der Waals surface area contributed by atoms with Gasteiger partial charge in [-0.3, -0.25) is 14.7 Å². The molecule has 1 aromatic heterocycles. The molecule has 0 aliphatic heterocycles. The Kier molecular flexibility index (Phi) is 4.50. The highest BCUT2D eigenvalue weighted by Crippen LogP contribution is 2.01. The number of aromatic amines is 1. The zero-order valence-corrected chi connectivity index (χ0v) is 9.46. The molecule has 1 rings (SSSR count). The molecular formula is C10H16N4O2. The van der Waals surface area contributed by atoms with Crippen molar-refractivity contribution in [1.82, 2.24) is 20.8 Å². The van der Waals surface area contributed by atoms with Crippen molar-refractivity contribution in [3.8, 4) is 0 Å². The summed E-state index contributed by atoms with van der Waals surface area (Å²) >= 11 is 0. The molecule has 0 atom stereocenters. The fraction of sp³-hybridized carbons (Fsp3) is 0.500. The van der Waals surface area contributed by atoms with Crippen molar-refractivity contribution in [2.45, 2.75) is 20.3 Å². The Morgan fingerprint density at radius 1 is 1.44 bits per heavy atom. The lowest BCUT2D eigenvalue weighted by atomic mass is 10.2. The van der Waals surface area contributed by atoms with E-state index in [9.17, 15) is 9.59 Å². The second-order valence-electron chi connectivity index (χ2n) is 3.44. The second kappa shape index (κ2) is 5.89. The molecule has 0 unspecified atom stereocenters. The molecule has 6 heteroatoms. The first-order valence-corrected chi connectivity index (χ1v) is 5.20. The van der Waals surface area contributed by atoms with Gasteiger partial charge in [-0.1, -0.05) is 6.92 Å². The summed E-state index contributed by atoms with van der Waals surface area (Å²) in [5, 5.41) is 11.6.